The van der Waals surface area contributed by atoms with Crippen LogP contribution in [0.25, 0.3) is 0 Å². The van der Waals surface area contributed by atoms with Crippen molar-refractivity contribution >= 4 is 5.69 Å². The van der Waals surface area contributed by atoms with Gasteiger partial charge in [-0.05, 0) is 48.1 Å². The Morgan fingerprint density at radius 3 is 1.95 bits per heavy atom. The second kappa shape index (κ2) is 5.56. The van der Waals surface area contributed by atoms with Gasteiger partial charge in [-0.2, -0.15) is 0 Å². The van der Waals surface area contributed by atoms with Gasteiger partial charge in [-0.1, -0.05) is 45.9 Å². The summed E-state index contributed by atoms with van der Waals surface area (Å²) in [7, 11) is 2.20. The van der Waals surface area contributed by atoms with E-state index in [9.17, 15) is 0 Å². The monoisotopic (exact) mass is 259 g/mol. The number of nitrogens with zero attached hydrogens (tertiary/aromatic N) is 1. The number of anilines is 1. The third-order valence-corrected chi connectivity index (χ3v) is 5.80. The maximum atomic E-state index is 2.44. The number of hydrogen-bond donors (Lipinski definition) is 0. The van der Waals surface area contributed by atoms with Gasteiger partial charge >= 0.3 is 0 Å². The Hall–Kier alpha value is -0.980. The van der Waals surface area contributed by atoms with Crippen molar-refractivity contribution in [3.63, 3.8) is 0 Å². The lowest BCUT2D eigenvalue weighted by Crippen LogP contribution is -2.21. The van der Waals surface area contributed by atoms with Gasteiger partial charge in [0, 0.05) is 19.3 Å². The molecule has 0 N–H and O–H groups in total. The Morgan fingerprint density at radius 1 is 0.895 bits per heavy atom. The highest BCUT2D eigenvalue weighted by Crippen LogP contribution is 2.52. The lowest BCUT2D eigenvalue weighted by molar-refractivity contribution is 0.352. The Labute approximate surface area is 119 Å². The molecule has 1 aliphatic carbocycles. The van der Waals surface area contributed by atoms with Crippen molar-refractivity contribution in [2.45, 2.75) is 40.5 Å². The smallest absolute Gasteiger partial charge is 0.0399 e. The molecule has 1 saturated carbocycles. The average molecular weight is 259 g/mol. The number of benzene rings is 1. The van der Waals surface area contributed by atoms with Crippen LogP contribution in [0.4, 0.5) is 5.69 Å². The van der Waals surface area contributed by atoms with E-state index in [1.807, 2.05) is 0 Å². The summed E-state index contributed by atoms with van der Waals surface area (Å²) in [5, 5.41) is 0. The zero-order chi connectivity index (χ0) is 14.2. The second-order valence-corrected chi connectivity index (χ2v) is 6.54. The van der Waals surface area contributed by atoms with Crippen LogP contribution in [-0.2, 0) is 0 Å². The van der Waals surface area contributed by atoms with Crippen LogP contribution < -0.4 is 4.90 Å². The van der Waals surface area contributed by atoms with E-state index >= 15 is 0 Å². The predicted octanol–water partition coefficient (Wildman–Crippen LogP) is 4.78. The van der Waals surface area contributed by atoms with Crippen LogP contribution in [0, 0.1) is 23.7 Å². The highest BCUT2D eigenvalue weighted by Gasteiger charge is 2.42. The number of rotatable bonds is 3. The molecular formula is C18H29N. The lowest BCUT2D eigenvalue weighted by atomic mass is 9.82. The van der Waals surface area contributed by atoms with E-state index in [1.165, 1.54) is 5.69 Å². The molecule has 0 aliphatic heterocycles. The summed E-state index contributed by atoms with van der Waals surface area (Å²) >= 11 is 0. The molecule has 1 aromatic carbocycles. The maximum Gasteiger partial charge on any atom is 0.0399 e. The van der Waals surface area contributed by atoms with E-state index in [-0.39, 0.29) is 0 Å². The van der Waals surface area contributed by atoms with E-state index < -0.39 is 0 Å². The highest BCUT2D eigenvalue weighted by atomic mass is 15.1. The summed E-state index contributed by atoms with van der Waals surface area (Å²) in [4.78, 5) is 2.38. The summed E-state index contributed by atoms with van der Waals surface area (Å²) in [5.41, 5.74) is 2.98. The van der Waals surface area contributed by atoms with Gasteiger partial charge in [0.1, 0.15) is 0 Å². The van der Waals surface area contributed by atoms with Crippen LogP contribution in [0.5, 0.6) is 0 Å². The minimum Gasteiger partial charge on any atom is -0.375 e. The first-order valence-electron chi connectivity index (χ1n) is 7.79. The molecule has 1 fully saturated rings. The molecule has 0 spiro atoms. The summed E-state index contributed by atoms with van der Waals surface area (Å²) < 4.78 is 0. The lowest BCUT2D eigenvalue weighted by Gasteiger charge is -2.28. The summed E-state index contributed by atoms with van der Waals surface area (Å²) in [6, 6.07) is 9.01. The summed E-state index contributed by atoms with van der Waals surface area (Å²) in [6.45, 7) is 13.0. The van der Waals surface area contributed by atoms with Crippen LogP contribution in [0.15, 0.2) is 24.3 Å². The number of hydrogen-bond acceptors (Lipinski definition) is 1. The first kappa shape index (κ1) is 14.4. The Kier molecular flexibility index (Phi) is 4.23. The molecular weight excluding hydrogens is 230 g/mol. The van der Waals surface area contributed by atoms with Crippen LogP contribution >= 0.6 is 0 Å². The Bertz CT molecular complexity index is 411. The zero-order valence-corrected chi connectivity index (χ0v) is 13.4. The molecule has 2 rings (SSSR count). The van der Waals surface area contributed by atoms with Crippen molar-refractivity contribution in [1.29, 1.82) is 0 Å². The highest BCUT2D eigenvalue weighted by molar-refractivity contribution is 5.55. The van der Waals surface area contributed by atoms with Gasteiger partial charge in [-0.25, -0.2) is 0 Å². The fourth-order valence-corrected chi connectivity index (χ4v) is 3.94. The molecule has 1 nitrogen and oxygen atoms in total. The molecule has 0 saturated heterocycles. The normalized spacial score (nSPS) is 34.5. The van der Waals surface area contributed by atoms with Gasteiger partial charge in [0.2, 0.25) is 0 Å². The van der Waals surface area contributed by atoms with E-state index in [4.69, 9.17) is 0 Å². The first-order valence-corrected chi connectivity index (χ1v) is 7.79. The first-order chi connectivity index (χ1) is 8.99. The molecule has 0 amide bonds. The molecule has 0 heterocycles. The van der Waals surface area contributed by atoms with E-state index in [1.54, 1.807) is 5.56 Å². The average Bonchev–Trinajstić information content (AvgIpc) is 2.62. The van der Waals surface area contributed by atoms with E-state index in [0.717, 1.165) is 30.2 Å². The standard InChI is InChI=1S/C18H29N/c1-7-19(6)17-11-9-8-10-16(17)18-14(4)12(2)13(3)15(18)5/h8-15,18H,7H2,1-6H3. The molecule has 1 aromatic rings. The van der Waals surface area contributed by atoms with Gasteiger partial charge in [0.05, 0.1) is 0 Å². The fourth-order valence-electron chi connectivity index (χ4n) is 3.94. The van der Waals surface area contributed by atoms with Gasteiger partial charge in [-0.15, -0.1) is 0 Å². The zero-order valence-electron chi connectivity index (χ0n) is 13.4. The Balaban J connectivity index is 2.42. The Morgan fingerprint density at radius 2 is 1.42 bits per heavy atom. The van der Waals surface area contributed by atoms with Gasteiger partial charge in [-0.3, -0.25) is 0 Å². The van der Waals surface area contributed by atoms with Crippen molar-refractivity contribution < 1.29 is 0 Å². The van der Waals surface area contributed by atoms with E-state index in [2.05, 4.69) is 70.8 Å². The van der Waals surface area contributed by atoms with Crippen LogP contribution in [0.3, 0.4) is 0 Å². The van der Waals surface area contributed by atoms with Crippen LogP contribution in [0.2, 0.25) is 0 Å². The maximum absolute atomic E-state index is 2.44. The molecule has 0 radical (unpaired) electrons. The quantitative estimate of drug-likeness (QED) is 0.754. The van der Waals surface area contributed by atoms with Crippen LogP contribution in [-0.4, -0.2) is 13.6 Å². The molecule has 106 valence electrons. The molecule has 0 bridgehead atoms. The molecule has 1 aliphatic rings. The van der Waals surface area contributed by atoms with Crippen molar-refractivity contribution in [2.75, 3.05) is 18.5 Å². The molecule has 0 aromatic heterocycles. The van der Waals surface area contributed by atoms with E-state index in [0.29, 0.717) is 5.92 Å². The van der Waals surface area contributed by atoms with Gasteiger partial charge < -0.3 is 4.90 Å². The third kappa shape index (κ3) is 2.40. The van der Waals surface area contributed by atoms with Crippen molar-refractivity contribution in [2.24, 2.45) is 23.7 Å². The summed E-state index contributed by atoms with van der Waals surface area (Å²) in [6.07, 6.45) is 0. The minimum absolute atomic E-state index is 0.704. The fraction of sp³-hybridized carbons (Fsp3) is 0.667. The largest absolute Gasteiger partial charge is 0.375 e. The number of para-hydroxylation sites is 1. The minimum atomic E-state index is 0.704. The topological polar surface area (TPSA) is 3.24 Å². The van der Waals surface area contributed by atoms with Crippen molar-refractivity contribution in [3.05, 3.63) is 29.8 Å². The predicted molar refractivity (Wildman–Crippen MR) is 84.8 cm³/mol. The second-order valence-electron chi connectivity index (χ2n) is 6.54. The van der Waals surface area contributed by atoms with Crippen LogP contribution in [0.1, 0.15) is 46.1 Å². The summed E-state index contributed by atoms with van der Waals surface area (Å²) in [5.74, 6) is 3.89. The molecule has 19 heavy (non-hydrogen) atoms. The molecule has 4 atom stereocenters. The van der Waals surface area contributed by atoms with Crippen molar-refractivity contribution in [1.82, 2.24) is 0 Å². The SMILES string of the molecule is CCN(C)c1ccccc1C1C(C)C(C)C(C)C1C. The molecule has 1 heteroatoms. The van der Waals surface area contributed by atoms with Gasteiger partial charge in [0.15, 0.2) is 0 Å². The van der Waals surface area contributed by atoms with Crippen molar-refractivity contribution in [3.8, 4) is 0 Å². The van der Waals surface area contributed by atoms with Gasteiger partial charge in [0.25, 0.3) is 0 Å². The molecule has 4 unspecified atom stereocenters. The third-order valence-electron chi connectivity index (χ3n) is 5.80.